The average Bonchev–Trinajstić information content (AvgIpc) is 3.09. The Morgan fingerprint density at radius 3 is 1.00 bits per heavy atom. The molecule has 0 nitrogen and oxygen atoms in total. The van der Waals surface area contributed by atoms with E-state index in [9.17, 15) is 0 Å². The molecule has 0 aliphatic heterocycles. The molecule has 0 saturated carbocycles. The van der Waals surface area contributed by atoms with E-state index in [1.165, 1.54) is 76.8 Å². The minimum absolute atomic E-state index is 1.22. The molecule has 8 aromatic carbocycles. The highest BCUT2D eigenvalue weighted by atomic mass is 14.1. The summed E-state index contributed by atoms with van der Waals surface area (Å²) in [4.78, 5) is 0. The number of fused-ring (bicyclic) bond motifs is 6. The van der Waals surface area contributed by atoms with Crippen LogP contribution in [0.2, 0.25) is 0 Å². The number of hydrogen-bond donors (Lipinski definition) is 0. The smallest absolute Gasteiger partial charge is 0.00928 e. The van der Waals surface area contributed by atoms with E-state index in [-0.39, 0.29) is 0 Å². The second-order valence-electron chi connectivity index (χ2n) is 11.0. The number of benzene rings is 8. The van der Waals surface area contributed by atoms with Gasteiger partial charge in [-0.05, 0) is 95.0 Å². The highest BCUT2D eigenvalue weighted by molar-refractivity contribution is 6.25. The average molecular weight is 533 g/mol. The van der Waals surface area contributed by atoms with Gasteiger partial charge in [0.05, 0.1) is 0 Å². The zero-order valence-electron chi connectivity index (χ0n) is 23.2. The molecular weight excluding hydrogens is 504 g/mol. The van der Waals surface area contributed by atoms with Crippen LogP contribution >= 0.6 is 0 Å². The third-order valence-electron chi connectivity index (χ3n) is 8.46. The van der Waals surface area contributed by atoms with Crippen LogP contribution in [0.1, 0.15) is 0 Å². The Bertz CT molecular complexity index is 2190. The lowest BCUT2D eigenvalue weighted by Crippen LogP contribution is -1.86. The number of hydrogen-bond acceptors (Lipinski definition) is 0. The molecule has 0 heteroatoms. The standard InChI is InChI=1S/C42H28/c1-2-10-29(11-3-1)30-20-22-31(23-21-30)32-12-8-13-33(26-32)34-14-9-15-35(27-34)36-24-25-41-39-18-5-4-16-37(39)38-17-6-7-19-40(38)42(41)28-36/h1-28H. The molecule has 0 atom stereocenters. The monoisotopic (exact) mass is 532 g/mol. The third-order valence-corrected chi connectivity index (χ3v) is 8.46. The van der Waals surface area contributed by atoms with E-state index < -0.39 is 0 Å². The topological polar surface area (TPSA) is 0 Å². The van der Waals surface area contributed by atoms with Crippen molar-refractivity contribution in [3.05, 3.63) is 170 Å². The SMILES string of the molecule is c1ccc(-c2ccc(-c3cccc(-c4cccc(-c5ccc6c7ccccc7c7ccccc7c6c5)c4)c3)cc2)cc1. The molecule has 0 unspecified atom stereocenters. The van der Waals surface area contributed by atoms with Crippen molar-refractivity contribution in [1.29, 1.82) is 0 Å². The Kier molecular flexibility index (Phi) is 5.90. The van der Waals surface area contributed by atoms with E-state index in [0.717, 1.165) is 0 Å². The van der Waals surface area contributed by atoms with Gasteiger partial charge in [-0.3, -0.25) is 0 Å². The predicted octanol–water partition coefficient (Wildman–Crippen LogP) is 11.8. The van der Waals surface area contributed by atoms with E-state index in [1.807, 2.05) is 0 Å². The van der Waals surface area contributed by atoms with Crippen molar-refractivity contribution in [2.45, 2.75) is 0 Å². The molecule has 0 radical (unpaired) electrons. The summed E-state index contributed by atoms with van der Waals surface area (Å²) < 4.78 is 0. The van der Waals surface area contributed by atoms with Gasteiger partial charge in [0.2, 0.25) is 0 Å². The molecule has 8 rings (SSSR count). The van der Waals surface area contributed by atoms with Gasteiger partial charge in [-0.25, -0.2) is 0 Å². The fraction of sp³-hybridized carbons (Fsp3) is 0. The highest BCUT2D eigenvalue weighted by Crippen LogP contribution is 2.38. The Morgan fingerprint density at radius 1 is 0.167 bits per heavy atom. The molecule has 0 bridgehead atoms. The van der Waals surface area contributed by atoms with E-state index in [2.05, 4.69) is 170 Å². The quantitative estimate of drug-likeness (QED) is 0.198. The largest absolute Gasteiger partial charge is 0.0622 e. The Balaban J connectivity index is 1.18. The van der Waals surface area contributed by atoms with Gasteiger partial charge < -0.3 is 0 Å². The Hall–Kier alpha value is -5.46. The van der Waals surface area contributed by atoms with Crippen LogP contribution in [0.15, 0.2) is 170 Å². The van der Waals surface area contributed by atoms with Gasteiger partial charge >= 0.3 is 0 Å². The van der Waals surface area contributed by atoms with Crippen LogP contribution in [0.25, 0.3) is 76.8 Å². The van der Waals surface area contributed by atoms with Gasteiger partial charge in [0.15, 0.2) is 0 Å². The summed E-state index contributed by atoms with van der Waals surface area (Å²) >= 11 is 0. The zero-order chi connectivity index (χ0) is 27.9. The first kappa shape index (κ1) is 24.3. The molecule has 0 aromatic heterocycles. The van der Waals surface area contributed by atoms with E-state index in [1.54, 1.807) is 0 Å². The molecule has 0 saturated heterocycles. The first-order valence-corrected chi connectivity index (χ1v) is 14.5. The summed E-state index contributed by atoms with van der Waals surface area (Å²) in [6, 6.07) is 61.7. The van der Waals surface area contributed by atoms with Gasteiger partial charge in [-0.15, -0.1) is 0 Å². The second-order valence-corrected chi connectivity index (χ2v) is 11.0. The lowest BCUT2D eigenvalue weighted by Gasteiger charge is -2.13. The van der Waals surface area contributed by atoms with Crippen molar-refractivity contribution in [1.82, 2.24) is 0 Å². The molecule has 0 heterocycles. The van der Waals surface area contributed by atoms with Crippen LogP contribution < -0.4 is 0 Å². The second kappa shape index (κ2) is 10.2. The fourth-order valence-corrected chi connectivity index (χ4v) is 6.33. The summed E-state index contributed by atoms with van der Waals surface area (Å²) in [7, 11) is 0. The maximum absolute atomic E-state index is 2.37. The third kappa shape index (κ3) is 4.26. The Labute approximate surface area is 246 Å². The normalized spacial score (nSPS) is 11.3. The molecule has 8 aromatic rings. The van der Waals surface area contributed by atoms with Crippen molar-refractivity contribution >= 4 is 32.3 Å². The summed E-state index contributed by atoms with van der Waals surface area (Å²) in [5.41, 5.74) is 9.82. The van der Waals surface area contributed by atoms with E-state index >= 15 is 0 Å². The van der Waals surface area contributed by atoms with Gasteiger partial charge in [0, 0.05) is 0 Å². The molecule has 0 aliphatic rings. The lowest BCUT2D eigenvalue weighted by molar-refractivity contribution is 1.57. The molecule has 0 fully saturated rings. The summed E-state index contributed by atoms with van der Waals surface area (Å²) in [5.74, 6) is 0. The summed E-state index contributed by atoms with van der Waals surface area (Å²) in [5, 5.41) is 7.82. The van der Waals surface area contributed by atoms with Gasteiger partial charge in [-0.1, -0.05) is 152 Å². The van der Waals surface area contributed by atoms with Crippen LogP contribution in [0, 0.1) is 0 Å². The minimum Gasteiger partial charge on any atom is -0.0622 e. The molecular formula is C42H28. The first-order valence-electron chi connectivity index (χ1n) is 14.5. The predicted molar refractivity (Wildman–Crippen MR) is 181 cm³/mol. The van der Waals surface area contributed by atoms with Crippen molar-refractivity contribution in [3.8, 4) is 44.5 Å². The van der Waals surface area contributed by atoms with Crippen molar-refractivity contribution in [2.75, 3.05) is 0 Å². The first-order chi connectivity index (χ1) is 20.8. The van der Waals surface area contributed by atoms with Crippen LogP contribution in [-0.4, -0.2) is 0 Å². The van der Waals surface area contributed by atoms with Crippen molar-refractivity contribution in [3.63, 3.8) is 0 Å². The fourth-order valence-electron chi connectivity index (χ4n) is 6.33. The molecule has 0 N–H and O–H groups in total. The van der Waals surface area contributed by atoms with E-state index in [4.69, 9.17) is 0 Å². The maximum atomic E-state index is 2.37. The van der Waals surface area contributed by atoms with Gasteiger partial charge in [0.1, 0.15) is 0 Å². The molecule has 0 spiro atoms. The highest BCUT2D eigenvalue weighted by Gasteiger charge is 2.10. The van der Waals surface area contributed by atoms with Crippen molar-refractivity contribution in [2.24, 2.45) is 0 Å². The number of rotatable bonds is 4. The van der Waals surface area contributed by atoms with E-state index in [0.29, 0.717) is 0 Å². The summed E-state index contributed by atoms with van der Waals surface area (Å²) in [6.07, 6.45) is 0. The maximum Gasteiger partial charge on any atom is -0.00928 e. The molecule has 42 heavy (non-hydrogen) atoms. The Morgan fingerprint density at radius 2 is 0.476 bits per heavy atom. The zero-order valence-corrected chi connectivity index (χ0v) is 23.2. The van der Waals surface area contributed by atoms with Crippen LogP contribution in [0.3, 0.4) is 0 Å². The molecule has 0 amide bonds. The van der Waals surface area contributed by atoms with Crippen LogP contribution in [0.5, 0.6) is 0 Å². The molecule has 0 aliphatic carbocycles. The summed E-state index contributed by atoms with van der Waals surface area (Å²) in [6.45, 7) is 0. The minimum atomic E-state index is 1.22. The molecule has 196 valence electrons. The van der Waals surface area contributed by atoms with Gasteiger partial charge in [0.25, 0.3) is 0 Å². The van der Waals surface area contributed by atoms with Crippen molar-refractivity contribution < 1.29 is 0 Å². The lowest BCUT2D eigenvalue weighted by atomic mass is 9.91. The van der Waals surface area contributed by atoms with Gasteiger partial charge in [-0.2, -0.15) is 0 Å². The van der Waals surface area contributed by atoms with Crippen LogP contribution in [-0.2, 0) is 0 Å². The van der Waals surface area contributed by atoms with Crippen LogP contribution in [0.4, 0.5) is 0 Å².